The minimum Gasteiger partial charge on any atom is -0.379 e. The molecule has 1 aliphatic carbocycles. The Morgan fingerprint density at radius 3 is 2.87 bits per heavy atom. The Morgan fingerprint density at radius 2 is 2.07 bits per heavy atom. The van der Waals surface area contributed by atoms with E-state index in [1.54, 1.807) is 0 Å². The number of nitrogens with zero attached hydrogens (tertiary/aromatic N) is 4. The molecule has 7 nitrogen and oxygen atoms in total. The summed E-state index contributed by atoms with van der Waals surface area (Å²) in [7, 11) is 0. The van der Waals surface area contributed by atoms with Crippen molar-refractivity contribution in [2.45, 2.75) is 45.6 Å². The van der Waals surface area contributed by atoms with Crippen molar-refractivity contribution in [3.8, 4) is 0 Å². The molecule has 2 saturated heterocycles. The van der Waals surface area contributed by atoms with Crippen molar-refractivity contribution in [1.82, 2.24) is 14.9 Å². The third kappa shape index (κ3) is 3.92. The number of thiophene rings is 1. The fourth-order valence-corrected chi connectivity index (χ4v) is 6.42. The lowest BCUT2D eigenvalue weighted by atomic mass is 9.89. The molecule has 2 aromatic heterocycles. The minimum absolute atomic E-state index is 0.0963. The van der Waals surface area contributed by atoms with Gasteiger partial charge in [0.15, 0.2) is 0 Å². The summed E-state index contributed by atoms with van der Waals surface area (Å²) in [6, 6.07) is 0. The summed E-state index contributed by atoms with van der Waals surface area (Å²) >= 11 is 1.85. The van der Waals surface area contributed by atoms with E-state index in [0.29, 0.717) is 6.54 Å². The third-order valence-corrected chi connectivity index (χ3v) is 7.92. The predicted octanol–water partition coefficient (Wildman–Crippen LogP) is 2.35. The van der Waals surface area contributed by atoms with Crippen LogP contribution >= 0.6 is 11.3 Å². The van der Waals surface area contributed by atoms with Crippen molar-refractivity contribution in [3.05, 3.63) is 16.3 Å². The van der Waals surface area contributed by atoms with Crippen LogP contribution in [-0.4, -0.2) is 60.2 Å². The lowest BCUT2D eigenvalue weighted by Crippen LogP contribution is -2.42. The lowest BCUT2D eigenvalue weighted by molar-refractivity contribution is -0.122. The van der Waals surface area contributed by atoms with Gasteiger partial charge in [0.1, 0.15) is 16.5 Å². The number of morpholine rings is 1. The van der Waals surface area contributed by atoms with Gasteiger partial charge < -0.3 is 15.4 Å². The molecule has 0 radical (unpaired) electrons. The molecule has 2 aliphatic heterocycles. The number of carbonyl (C=O) groups is 1. The number of nitrogens with two attached hydrogens (primary N) is 1. The van der Waals surface area contributed by atoms with E-state index in [-0.39, 0.29) is 11.8 Å². The predicted molar refractivity (Wildman–Crippen MR) is 119 cm³/mol. The second-order valence-corrected chi connectivity index (χ2v) is 10.2. The molecule has 1 amide bonds. The first-order valence-electron chi connectivity index (χ1n) is 11.2. The Hall–Kier alpha value is -1.77. The van der Waals surface area contributed by atoms with Crippen LogP contribution in [0.15, 0.2) is 0 Å². The van der Waals surface area contributed by atoms with Crippen molar-refractivity contribution < 1.29 is 9.53 Å². The van der Waals surface area contributed by atoms with Gasteiger partial charge >= 0.3 is 0 Å². The summed E-state index contributed by atoms with van der Waals surface area (Å²) in [5.74, 6) is 2.35. The molecule has 5 rings (SSSR count). The van der Waals surface area contributed by atoms with E-state index in [1.165, 1.54) is 22.2 Å². The smallest absolute Gasteiger partial charge is 0.222 e. The summed E-state index contributed by atoms with van der Waals surface area (Å²) in [6.45, 7) is 8.06. The molecule has 3 aliphatic rings. The summed E-state index contributed by atoms with van der Waals surface area (Å²) in [5.41, 5.74) is 7.11. The molecule has 30 heavy (non-hydrogen) atoms. The molecule has 8 heteroatoms. The molecular formula is C22H31N5O2S. The fourth-order valence-electron chi connectivity index (χ4n) is 5.03. The van der Waals surface area contributed by atoms with Gasteiger partial charge in [-0.2, -0.15) is 0 Å². The largest absolute Gasteiger partial charge is 0.379 e. The van der Waals surface area contributed by atoms with E-state index in [0.717, 1.165) is 87.5 Å². The highest BCUT2D eigenvalue weighted by molar-refractivity contribution is 7.19. The summed E-state index contributed by atoms with van der Waals surface area (Å²) in [6.07, 6.45) is 5.31. The van der Waals surface area contributed by atoms with Crippen molar-refractivity contribution >= 4 is 33.3 Å². The van der Waals surface area contributed by atoms with Crippen molar-refractivity contribution in [2.24, 2.45) is 17.6 Å². The zero-order chi connectivity index (χ0) is 20.7. The van der Waals surface area contributed by atoms with Gasteiger partial charge in [0.05, 0.1) is 31.1 Å². The maximum Gasteiger partial charge on any atom is 0.222 e. The third-order valence-electron chi connectivity index (χ3n) is 6.77. The zero-order valence-electron chi connectivity index (χ0n) is 17.7. The van der Waals surface area contributed by atoms with Crippen LogP contribution < -0.4 is 10.6 Å². The number of amides is 1. The molecule has 0 bridgehead atoms. The number of hydrogen-bond acceptors (Lipinski definition) is 7. The molecule has 2 aromatic rings. The van der Waals surface area contributed by atoms with E-state index in [2.05, 4.69) is 16.7 Å². The number of ether oxygens (including phenoxy) is 1. The highest BCUT2D eigenvalue weighted by atomic mass is 32.1. The van der Waals surface area contributed by atoms with Crippen LogP contribution in [0.1, 0.15) is 42.5 Å². The van der Waals surface area contributed by atoms with Crippen LogP contribution in [0, 0.1) is 11.8 Å². The van der Waals surface area contributed by atoms with Crippen molar-refractivity contribution in [2.75, 3.05) is 44.3 Å². The molecule has 0 spiro atoms. The number of carbonyl (C=O) groups excluding carboxylic acids is 1. The van der Waals surface area contributed by atoms with Gasteiger partial charge in [0.25, 0.3) is 0 Å². The molecule has 162 valence electrons. The summed E-state index contributed by atoms with van der Waals surface area (Å²) in [5, 5.41) is 1.23. The molecule has 4 heterocycles. The van der Waals surface area contributed by atoms with Gasteiger partial charge in [-0.25, -0.2) is 9.97 Å². The van der Waals surface area contributed by atoms with E-state index < -0.39 is 0 Å². The highest BCUT2D eigenvalue weighted by Crippen LogP contribution is 2.41. The van der Waals surface area contributed by atoms with Gasteiger partial charge in [-0.15, -0.1) is 11.3 Å². The monoisotopic (exact) mass is 429 g/mol. The van der Waals surface area contributed by atoms with Crippen molar-refractivity contribution in [1.29, 1.82) is 0 Å². The van der Waals surface area contributed by atoms with E-state index in [9.17, 15) is 4.79 Å². The number of aromatic nitrogens is 2. The Kier molecular flexibility index (Phi) is 5.64. The molecule has 2 atom stereocenters. The first-order chi connectivity index (χ1) is 14.6. The van der Waals surface area contributed by atoms with Gasteiger partial charge in [-0.3, -0.25) is 9.69 Å². The summed E-state index contributed by atoms with van der Waals surface area (Å²) in [4.78, 5) is 29.3. The van der Waals surface area contributed by atoms with Crippen LogP contribution in [0.25, 0.3) is 10.2 Å². The fraction of sp³-hybridized carbons (Fsp3) is 0.682. The topological polar surface area (TPSA) is 84.6 Å². The number of hydrogen-bond donors (Lipinski definition) is 1. The molecule has 0 unspecified atom stereocenters. The minimum atomic E-state index is -0.195. The summed E-state index contributed by atoms with van der Waals surface area (Å²) < 4.78 is 5.49. The van der Waals surface area contributed by atoms with Crippen LogP contribution in [0.5, 0.6) is 0 Å². The number of piperidine rings is 1. The number of primary amides is 1. The second kappa shape index (κ2) is 8.40. The van der Waals surface area contributed by atoms with Gasteiger partial charge in [-0.05, 0) is 43.6 Å². The average molecular weight is 430 g/mol. The van der Waals surface area contributed by atoms with E-state index >= 15 is 0 Å². The molecule has 2 N–H and O–H groups in total. The van der Waals surface area contributed by atoms with Crippen LogP contribution in [0.2, 0.25) is 0 Å². The Balaban J connectivity index is 1.55. The van der Waals surface area contributed by atoms with Crippen LogP contribution in [-0.2, 0) is 28.9 Å². The molecular weight excluding hydrogens is 398 g/mol. The number of rotatable bonds is 4. The quantitative estimate of drug-likeness (QED) is 0.803. The van der Waals surface area contributed by atoms with Gasteiger partial charge in [0.2, 0.25) is 5.91 Å². The first-order valence-corrected chi connectivity index (χ1v) is 12.1. The van der Waals surface area contributed by atoms with E-state index in [1.807, 2.05) is 11.3 Å². The average Bonchev–Trinajstić information content (AvgIpc) is 3.11. The zero-order valence-corrected chi connectivity index (χ0v) is 18.5. The van der Waals surface area contributed by atoms with Gasteiger partial charge in [0, 0.05) is 31.1 Å². The van der Waals surface area contributed by atoms with Crippen LogP contribution in [0.3, 0.4) is 0 Å². The molecule has 0 saturated carbocycles. The normalized spacial score (nSPS) is 25.4. The number of aryl methyl sites for hydroxylation is 1. The number of anilines is 1. The molecule has 2 fully saturated rings. The Morgan fingerprint density at radius 1 is 1.23 bits per heavy atom. The standard InChI is InChI=1S/C22H31N5O2S/c1-14-4-5-16-17(11-14)30-22-19(16)21(27-6-2-3-15(12-27)20(23)28)24-18(25-22)13-26-7-9-29-10-8-26/h14-15H,2-13H2,1H3,(H2,23,28)/t14-,15+/m0/s1. The maximum atomic E-state index is 11.9. The number of fused-ring (bicyclic) bond motifs is 3. The Labute approximate surface area is 181 Å². The SMILES string of the molecule is C[C@H]1CCc2c(sc3nc(CN4CCOCC4)nc(N4CCC[C@@H](C(N)=O)C4)c23)C1. The second-order valence-electron chi connectivity index (χ2n) is 9.07. The van der Waals surface area contributed by atoms with Gasteiger partial charge in [-0.1, -0.05) is 6.92 Å². The van der Waals surface area contributed by atoms with Crippen molar-refractivity contribution in [3.63, 3.8) is 0 Å². The maximum absolute atomic E-state index is 11.9. The first kappa shape index (κ1) is 20.2. The Bertz CT molecular complexity index is 939. The van der Waals surface area contributed by atoms with Crippen LogP contribution in [0.4, 0.5) is 5.82 Å². The highest BCUT2D eigenvalue weighted by Gasteiger charge is 2.30. The lowest BCUT2D eigenvalue weighted by Gasteiger charge is -2.33. The molecule has 0 aromatic carbocycles. The van der Waals surface area contributed by atoms with E-state index in [4.69, 9.17) is 20.4 Å².